The van der Waals surface area contributed by atoms with E-state index in [1.165, 1.54) is 12.1 Å². The van der Waals surface area contributed by atoms with E-state index in [0.29, 0.717) is 23.2 Å². The van der Waals surface area contributed by atoms with Gasteiger partial charge in [0.15, 0.2) is 0 Å². The molecule has 0 aliphatic heterocycles. The number of anilines is 2. The molecule has 0 aliphatic rings. The third kappa shape index (κ3) is 5.14. The van der Waals surface area contributed by atoms with Crippen LogP contribution < -0.4 is 10.6 Å². The maximum atomic E-state index is 13.4. The average molecular weight is 400 g/mol. The molecule has 0 saturated heterocycles. The number of alkyl halides is 3. The first-order valence-corrected chi connectivity index (χ1v) is 8.92. The molecule has 3 aromatic rings. The van der Waals surface area contributed by atoms with Crippen LogP contribution in [0.5, 0.6) is 0 Å². The van der Waals surface area contributed by atoms with E-state index in [-0.39, 0.29) is 12.3 Å². The number of aliphatic hydroxyl groups is 1. The van der Waals surface area contributed by atoms with Crippen molar-refractivity contribution in [2.24, 2.45) is 0 Å². The molecule has 0 bridgehead atoms. The van der Waals surface area contributed by atoms with Gasteiger partial charge in [-0.1, -0.05) is 54.6 Å². The van der Waals surface area contributed by atoms with Crippen LogP contribution in [0.2, 0.25) is 0 Å². The Morgan fingerprint density at radius 1 is 0.828 bits per heavy atom. The first-order valence-electron chi connectivity index (χ1n) is 8.92. The molecule has 7 heteroatoms. The van der Waals surface area contributed by atoms with E-state index in [0.717, 1.165) is 11.6 Å². The van der Waals surface area contributed by atoms with Gasteiger partial charge in [-0.25, -0.2) is 4.79 Å². The fourth-order valence-corrected chi connectivity index (χ4v) is 2.96. The molecule has 29 heavy (non-hydrogen) atoms. The van der Waals surface area contributed by atoms with Gasteiger partial charge in [0.2, 0.25) is 0 Å². The summed E-state index contributed by atoms with van der Waals surface area (Å²) in [7, 11) is 0. The molecule has 0 aromatic heterocycles. The summed E-state index contributed by atoms with van der Waals surface area (Å²) >= 11 is 0. The van der Waals surface area contributed by atoms with Gasteiger partial charge in [-0.05, 0) is 41.3 Å². The summed E-state index contributed by atoms with van der Waals surface area (Å²) in [6, 6.07) is 18.5. The second-order valence-electron chi connectivity index (χ2n) is 6.33. The molecule has 0 saturated carbocycles. The molecule has 0 unspecified atom stereocenters. The van der Waals surface area contributed by atoms with Crippen LogP contribution in [0.25, 0.3) is 11.1 Å². The average Bonchev–Trinajstić information content (AvgIpc) is 2.69. The van der Waals surface area contributed by atoms with Crippen molar-refractivity contribution in [3.63, 3.8) is 0 Å². The van der Waals surface area contributed by atoms with E-state index in [9.17, 15) is 18.0 Å². The van der Waals surface area contributed by atoms with Crippen LogP contribution in [0.4, 0.5) is 29.3 Å². The monoisotopic (exact) mass is 400 g/mol. The van der Waals surface area contributed by atoms with Gasteiger partial charge >= 0.3 is 12.2 Å². The molecule has 0 aliphatic carbocycles. The highest BCUT2D eigenvalue weighted by atomic mass is 19.4. The van der Waals surface area contributed by atoms with E-state index in [1.807, 2.05) is 6.07 Å². The van der Waals surface area contributed by atoms with Crippen molar-refractivity contribution >= 4 is 17.4 Å². The Bertz CT molecular complexity index is 989. The summed E-state index contributed by atoms with van der Waals surface area (Å²) in [5.41, 5.74) is 1.12. The molecule has 3 aromatic carbocycles. The summed E-state index contributed by atoms with van der Waals surface area (Å²) < 4.78 is 40.3. The van der Waals surface area contributed by atoms with Gasteiger partial charge in [0, 0.05) is 12.3 Å². The Balaban J connectivity index is 1.89. The maximum absolute atomic E-state index is 13.4. The van der Waals surface area contributed by atoms with Crippen LogP contribution in [0.15, 0.2) is 72.8 Å². The number of hydrogen-bond acceptors (Lipinski definition) is 2. The summed E-state index contributed by atoms with van der Waals surface area (Å²) in [6.45, 7) is -0.113. The number of hydrogen-bond donors (Lipinski definition) is 3. The van der Waals surface area contributed by atoms with E-state index >= 15 is 0 Å². The molecule has 150 valence electrons. The zero-order valence-electron chi connectivity index (χ0n) is 15.3. The van der Waals surface area contributed by atoms with Crippen LogP contribution in [0.1, 0.15) is 11.1 Å². The highest BCUT2D eigenvalue weighted by Crippen LogP contribution is 2.37. The lowest BCUT2D eigenvalue weighted by Crippen LogP contribution is -2.22. The summed E-state index contributed by atoms with van der Waals surface area (Å²) in [6.07, 6.45) is -4.31. The van der Waals surface area contributed by atoms with Gasteiger partial charge in [0.25, 0.3) is 0 Å². The van der Waals surface area contributed by atoms with Gasteiger partial charge in [-0.15, -0.1) is 0 Å². The topological polar surface area (TPSA) is 61.4 Å². The van der Waals surface area contributed by atoms with Gasteiger partial charge < -0.3 is 15.7 Å². The summed E-state index contributed by atoms with van der Waals surface area (Å²) in [5.74, 6) is 0. The number of amides is 2. The van der Waals surface area contributed by atoms with E-state index in [1.54, 1.807) is 48.5 Å². The van der Waals surface area contributed by atoms with Crippen LogP contribution in [-0.2, 0) is 12.6 Å². The molecule has 4 nitrogen and oxygen atoms in total. The lowest BCUT2D eigenvalue weighted by molar-refractivity contribution is -0.136. The Morgan fingerprint density at radius 3 is 2.17 bits per heavy atom. The molecular formula is C22H19F3N2O2. The molecule has 0 fully saturated rings. The first-order chi connectivity index (χ1) is 13.9. The first kappa shape index (κ1) is 20.4. The minimum absolute atomic E-state index is 0.113. The number of carbonyl (C=O) groups is 1. The molecule has 3 rings (SSSR count). The molecule has 3 N–H and O–H groups in total. The molecule has 0 atom stereocenters. The van der Waals surface area contributed by atoms with Crippen LogP contribution in [0, 0.1) is 0 Å². The Hall–Kier alpha value is -3.32. The number of urea groups is 1. The third-order valence-electron chi connectivity index (χ3n) is 4.33. The fourth-order valence-electron chi connectivity index (χ4n) is 2.96. The highest BCUT2D eigenvalue weighted by Gasteiger charge is 2.34. The number of nitrogens with one attached hydrogen (secondary N) is 2. The van der Waals surface area contributed by atoms with Crippen molar-refractivity contribution in [2.75, 3.05) is 17.2 Å². The summed E-state index contributed by atoms with van der Waals surface area (Å²) in [4.78, 5) is 12.4. The maximum Gasteiger partial charge on any atom is 0.418 e. The molecule has 2 amide bonds. The molecule has 0 spiro atoms. The lowest BCUT2D eigenvalue weighted by Gasteiger charge is -2.17. The zero-order valence-corrected chi connectivity index (χ0v) is 15.3. The number of rotatable bonds is 5. The molecular weight excluding hydrogens is 381 g/mol. The van der Waals surface area contributed by atoms with Crippen molar-refractivity contribution in [3.05, 3.63) is 83.9 Å². The van der Waals surface area contributed by atoms with Gasteiger partial charge in [-0.3, -0.25) is 0 Å². The number of benzene rings is 3. The summed E-state index contributed by atoms with van der Waals surface area (Å²) in [5, 5.41) is 14.0. The van der Waals surface area contributed by atoms with E-state index in [4.69, 9.17) is 5.11 Å². The standard InChI is InChI=1S/C22H19F3N2O2/c23-22(24,25)18-11-10-17(15-6-2-1-3-7-15)14-20(18)27-21(29)26-19-9-5-4-8-16(19)12-13-28/h1-11,14,28H,12-13H2,(H2,26,27,29). The highest BCUT2D eigenvalue weighted by molar-refractivity contribution is 6.01. The normalized spacial score (nSPS) is 11.2. The van der Waals surface area contributed by atoms with Gasteiger partial charge in [-0.2, -0.15) is 13.2 Å². The lowest BCUT2D eigenvalue weighted by atomic mass is 10.0. The van der Waals surface area contributed by atoms with Gasteiger partial charge in [0.1, 0.15) is 0 Å². The SMILES string of the molecule is O=C(Nc1ccccc1CCO)Nc1cc(-c2ccccc2)ccc1C(F)(F)F. The predicted octanol–water partition coefficient (Wildman–Crippen LogP) is 5.55. The van der Waals surface area contributed by atoms with Crippen molar-refractivity contribution in [3.8, 4) is 11.1 Å². The van der Waals surface area contributed by atoms with Crippen molar-refractivity contribution < 1.29 is 23.1 Å². The fraction of sp³-hybridized carbons (Fsp3) is 0.136. The van der Waals surface area contributed by atoms with Crippen LogP contribution in [0.3, 0.4) is 0 Å². The quantitative estimate of drug-likeness (QED) is 0.526. The number of carbonyl (C=O) groups excluding carboxylic acids is 1. The van der Waals surface area contributed by atoms with E-state index in [2.05, 4.69) is 10.6 Å². The number of para-hydroxylation sites is 1. The second-order valence-corrected chi connectivity index (χ2v) is 6.33. The Kier molecular flexibility index (Phi) is 6.19. The van der Waals surface area contributed by atoms with Crippen molar-refractivity contribution in [1.82, 2.24) is 0 Å². The van der Waals surface area contributed by atoms with Crippen molar-refractivity contribution in [1.29, 1.82) is 0 Å². The minimum Gasteiger partial charge on any atom is -0.396 e. The second kappa shape index (κ2) is 8.79. The largest absolute Gasteiger partial charge is 0.418 e. The van der Waals surface area contributed by atoms with Crippen LogP contribution in [-0.4, -0.2) is 17.7 Å². The Labute approximate surface area is 166 Å². The third-order valence-corrected chi connectivity index (χ3v) is 4.33. The minimum atomic E-state index is -4.62. The molecule has 0 heterocycles. The van der Waals surface area contributed by atoms with Crippen LogP contribution >= 0.6 is 0 Å². The van der Waals surface area contributed by atoms with Gasteiger partial charge in [0.05, 0.1) is 11.3 Å². The van der Waals surface area contributed by atoms with E-state index < -0.39 is 17.8 Å². The van der Waals surface area contributed by atoms with Crippen molar-refractivity contribution in [2.45, 2.75) is 12.6 Å². The predicted molar refractivity (Wildman–Crippen MR) is 107 cm³/mol. The molecule has 0 radical (unpaired) electrons. The Morgan fingerprint density at radius 2 is 1.48 bits per heavy atom. The smallest absolute Gasteiger partial charge is 0.396 e. The zero-order chi connectivity index (χ0) is 20.9. The number of aliphatic hydroxyl groups excluding tert-OH is 1. The number of halogens is 3.